The lowest BCUT2D eigenvalue weighted by Crippen LogP contribution is -2.06. The van der Waals surface area contributed by atoms with Gasteiger partial charge in [-0.25, -0.2) is 24.9 Å². The highest BCUT2D eigenvalue weighted by atomic mass is 32.1. The predicted octanol–water partition coefficient (Wildman–Crippen LogP) is 35.8. The van der Waals surface area contributed by atoms with Crippen molar-refractivity contribution in [2.45, 2.75) is 0 Å². The Bertz CT molecular complexity index is 10300. The molecule has 0 saturated carbocycles. The fourth-order valence-corrected chi connectivity index (χ4v) is 24.2. The Kier molecular flexibility index (Phi) is 21.4. The summed E-state index contributed by atoms with van der Waals surface area (Å²) < 4.78 is 14.3. The van der Waals surface area contributed by atoms with Gasteiger partial charge in [0.25, 0.3) is 0 Å². The van der Waals surface area contributed by atoms with Crippen LogP contribution in [0.1, 0.15) is 0 Å². The van der Waals surface area contributed by atoms with Gasteiger partial charge in [0.05, 0.1) is 49.7 Å². The first-order valence-electron chi connectivity index (χ1n) is 49.8. The number of fused-ring (bicyclic) bond motifs is 19. The number of hydrogen-bond acceptors (Lipinski definition) is 9. The highest BCUT2D eigenvalue weighted by Gasteiger charge is 2.26. The van der Waals surface area contributed by atoms with Crippen LogP contribution in [0.5, 0.6) is 0 Å². The van der Waals surface area contributed by atoms with Crippen molar-refractivity contribution in [2.75, 3.05) is 0 Å². The van der Waals surface area contributed by atoms with Crippen LogP contribution in [-0.4, -0.2) is 53.2 Å². The van der Waals surface area contributed by atoms with Crippen LogP contribution >= 0.6 is 22.7 Å². The molecule has 0 aliphatic carbocycles. The lowest BCUT2D eigenvalue weighted by molar-refractivity contribution is 0.953. The maximum absolute atomic E-state index is 5.32. The van der Waals surface area contributed by atoms with E-state index < -0.39 is 0 Å². The minimum atomic E-state index is 0.589. The normalized spacial score (nSPS) is 11.6. The zero-order chi connectivity index (χ0) is 97.6. The lowest BCUT2D eigenvalue weighted by Gasteiger charge is -2.14. The van der Waals surface area contributed by atoms with Crippen molar-refractivity contribution in [3.05, 3.63) is 516 Å². The van der Waals surface area contributed by atoms with Crippen molar-refractivity contribution < 1.29 is 0 Å². The van der Waals surface area contributed by atoms with E-state index in [0.29, 0.717) is 35.1 Å². The van der Waals surface area contributed by atoms with E-state index in [2.05, 4.69) is 413 Å². The molecule has 0 amide bonds. The monoisotopic (exact) mass is 1920 g/mol. The van der Waals surface area contributed by atoms with Gasteiger partial charge in [-0.2, -0.15) is 9.97 Å². The molecule has 9 heterocycles. The van der Waals surface area contributed by atoms with Crippen molar-refractivity contribution in [1.29, 1.82) is 0 Å². The molecule has 0 fully saturated rings. The molecule has 0 aliphatic rings. The summed E-state index contributed by atoms with van der Waals surface area (Å²) in [5.74, 6) is 4.79. The van der Waals surface area contributed by atoms with Crippen LogP contribution in [-0.2, 0) is 0 Å². The van der Waals surface area contributed by atoms with Gasteiger partial charge in [0, 0.05) is 128 Å². The Balaban J connectivity index is 0.000000108. The smallest absolute Gasteiger partial charge is 0.238 e. The number of aromatic nitrogens is 11. The maximum atomic E-state index is 5.32. The van der Waals surface area contributed by atoms with E-state index in [1.807, 2.05) is 133 Å². The Morgan fingerprint density at radius 1 is 0.149 bits per heavy atom. The average Bonchev–Trinajstić information content (AvgIpc) is 1.56. The highest BCUT2D eigenvalue weighted by molar-refractivity contribution is 7.26. The highest BCUT2D eigenvalue weighted by Crippen LogP contribution is 2.48. The maximum Gasteiger partial charge on any atom is 0.238 e. The van der Waals surface area contributed by atoms with Crippen LogP contribution in [0.15, 0.2) is 516 Å². The second-order valence-corrected chi connectivity index (χ2v) is 39.4. The van der Waals surface area contributed by atoms with Crippen LogP contribution in [0, 0.1) is 0 Å². The summed E-state index contributed by atoms with van der Waals surface area (Å²) in [5, 5.41) is 15.9. The third kappa shape index (κ3) is 15.3. The topological polar surface area (TPSA) is 110 Å². The minimum Gasteiger partial charge on any atom is -0.309 e. The molecule has 0 unspecified atom stereocenters. The Labute approximate surface area is 859 Å². The molecule has 9 aromatic heterocycles. The number of thiophene rings is 2. The average molecular weight is 1930 g/mol. The molecule has 13 heteroatoms. The molecule has 21 aromatic carbocycles. The molecule has 30 rings (SSSR count). The van der Waals surface area contributed by atoms with Gasteiger partial charge in [0.1, 0.15) is 5.82 Å². The van der Waals surface area contributed by atoms with Gasteiger partial charge in [-0.1, -0.05) is 388 Å². The third-order valence-electron chi connectivity index (χ3n) is 28.6. The van der Waals surface area contributed by atoms with E-state index in [-0.39, 0.29) is 0 Å². The van der Waals surface area contributed by atoms with E-state index in [0.717, 1.165) is 94.2 Å². The Hall–Kier alpha value is -19.3. The van der Waals surface area contributed by atoms with Gasteiger partial charge < -0.3 is 9.13 Å². The zero-order valence-electron chi connectivity index (χ0n) is 79.8. The van der Waals surface area contributed by atoms with Crippen molar-refractivity contribution in [1.82, 2.24) is 53.2 Å². The molecule has 0 N–H and O–H groups in total. The molecule has 30 aromatic rings. The minimum absolute atomic E-state index is 0.589. The van der Waals surface area contributed by atoms with Gasteiger partial charge in [-0.3, -0.25) is 9.13 Å². The largest absolute Gasteiger partial charge is 0.309 e. The summed E-state index contributed by atoms with van der Waals surface area (Å²) in [4.78, 5) is 35.5. The van der Waals surface area contributed by atoms with E-state index in [1.54, 1.807) is 11.3 Å². The van der Waals surface area contributed by atoms with Gasteiger partial charge in [0.2, 0.25) is 5.95 Å². The molecule has 0 bridgehead atoms. The van der Waals surface area contributed by atoms with E-state index in [9.17, 15) is 0 Å². The molecule has 0 aliphatic heterocycles. The quantitative estimate of drug-likeness (QED) is 0.107. The fraction of sp³-hybridized carbons (Fsp3) is 0. The predicted molar refractivity (Wildman–Crippen MR) is 619 cm³/mol. The number of pyridine rings is 1. The standard InChI is InChI=1S/C51H33N3.C45H28N4S.C39H24N4S/c1-3-14-34(15-4-1)35-16-13-17-38(30-35)43-33-51(52-46-23-10-7-20-40(43)46)54-48-25-12-9-22-42(48)45-32-37(27-29-50(45)54)36-26-28-49-44(31-36)41-21-8-11-24-47(41)53(49)39-18-5-2-6-19-39;1-3-13-29(14-4-1)43-46-44(30-15-5-2-6-16-30)48-45(47-43)49-39-23-9-7-19-35(39)36-26-25-32(28-40(36)49)31-17-11-18-33(27-31)34-21-12-22-38-37-20-8-10-24-41(37)50-42(34)38;1-4-13-25(14-5-1)37-40-38(26-15-6-2-7-16-26)42-39(41-37)30-21-12-20-29-32-23-31-28-19-10-11-22-33(28)43(27-17-8-3-9-18-27)34(31)24-35(32)44-36(29)30/h1-33H;1-28H;1-24H. The first-order chi connectivity index (χ1) is 73.4. The fourth-order valence-electron chi connectivity index (χ4n) is 21.7. The SMILES string of the molecule is c1ccc(-c2cccc(-c3cc(-n4c5ccccc5c5cc(-c6ccc7c(c6)c6ccccc6n7-c6ccccc6)ccc54)nc4ccccc34)c2)cc1.c1ccc(-c2nc(-c3ccccc3)nc(-c3cccc4c3sc3cc5c(cc34)c3ccccc3n5-c3ccccc3)n2)cc1.c1ccc(-c2nc(-c3ccccc3)nc(-n3c4ccccc4c4ccc(-c5cccc(-c6cccc7c6sc6ccccc67)c5)cc43)n2)cc1. The third-order valence-corrected chi connectivity index (χ3v) is 31.0. The van der Waals surface area contributed by atoms with Crippen LogP contribution < -0.4 is 0 Å². The first kappa shape index (κ1) is 86.6. The number of benzene rings is 21. The number of rotatable bonds is 14. The van der Waals surface area contributed by atoms with Crippen molar-refractivity contribution in [3.8, 4) is 136 Å². The van der Waals surface area contributed by atoms with Crippen LogP contribution in [0.4, 0.5) is 0 Å². The molecule has 0 saturated heterocycles. The van der Waals surface area contributed by atoms with Gasteiger partial charge in [-0.05, 0) is 183 Å². The van der Waals surface area contributed by atoms with Gasteiger partial charge in [-0.15, -0.1) is 22.7 Å². The first-order valence-corrected chi connectivity index (χ1v) is 51.4. The summed E-state index contributed by atoms with van der Waals surface area (Å²) in [7, 11) is 0. The summed E-state index contributed by atoms with van der Waals surface area (Å²) in [6.45, 7) is 0. The molecule has 11 nitrogen and oxygen atoms in total. The van der Waals surface area contributed by atoms with Gasteiger partial charge in [0.15, 0.2) is 29.1 Å². The Morgan fingerprint density at radius 3 is 1.04 bits per heavy atom. The lowest BCUT2D eigenvalue weighted by atomic mass is 9.96. The number of hydrogen-bond donors (Lipinski definition) is 0. The summed E-state index contributed by atoms with van der Waals surface area (Å²) in [6.07, 6.45) is 0. The molecule has 0 radical (unpaired) electrons. The second kappa shape index (κ2) is 36.6. The van der Waals surface area contributed by atoms with Crippen LogP contribution in [0.3, 0.4) is 0 Å². The molecule has 0 atom stereocenters. The molecular formula is C135H85N11S2. The van der Waals surface area contributed by atoms with Crippen molar-refractivity contribution in [2.24, 2.45) is 0 Å². The van der Waals surface area contributed by atoms with E-state index >= 15 is 0 Å². The van der Waals surface area contributed by atoms with Crippen molar-refractivity contribution >= 4 is 161 Å². The van der Waals surface area contributed by atoms with Gasteiger partial charge >= 0.3 is 0 Å². The Morgan fingerprint density at radius 2 is 0.486 bits per heavy atom. The molecule has 0 spiro atoms. The molecular weight excluding hydrogens is 1840 g/mol. The second-order valence-electron chi connectivity index (χ2n) is 37.3. The molecule has 148 heavy (non-hydrogen) atoms. The summed E-state index contributed by atoms with van der Waals surface area (Å²) in [6, 6.07) is 183. The van der Waals surface area contributed by atoms with E-state index in [1.165, 1.54) is 145 Å². The number of para-hydroxylation sites is 7. The molecule has 692 valence electrons. The summed E-state index contributed by atoms with van der Waals surface area (Å²) >= 11 is 3.67. The van der Waals surface area contributed by atoms with Crippen molar-refractivity contribution in [3.63, 3.8) is 0 Å². The van der Waals surface area contributed by atoms with E-state index in [4.69, 9.17) is 34.9 Å². The van der Waals surface area contributed by atoms with Crippen LogP contribution in [0.2, 0.25) is 0 Å². The number of nitrogens with zero attached hydrogens (tertiary/aromatic N) is 11. The zero-order valence-corrected chi connectivity index (χ0v) is 81.4. The van der Waals surface area contributed by atoms with Crippen LogP contribution in [0.25, 0.3) is 274 Å². The summed E-state index contributed by atoms with van der Waals surface area (Å²) in [5.41, 5.74) is 29.2.